The lowest BCUT2D eigenvalue weighted by Gasteiger charge is -2.36. The molecule has 1 aliphatic rings. The van der Waals surface area contributed by atoms with Gasteiger partial charge in [0.2, 0.25) is 0 Å². The van der Waals surface area contributed by atoms with Gasteiger partial charge in [0.25, 0.3) is 0 Å². The SMILES string of the molecule is CC(C)(C)c1cc2c3c(nccc3c1)-c1ccc3cccnc3c1C2(C)C. The zero-order valence-electron chi connectivity index (χ0n) is 16.6. The molecule has 1 aliphatic carbocycles. The molecule has 0 saturated carbocycles. The van der Waals surface area contributed by atoms with Gasteiger partial charge in [-0.25, -0.2) is 0 Å². The maximum absolute atomic E-state index is 4.82. The van der Waals surface area contributed by atoms with E-state index in [0.717, 1.165) is 11.2 Å². The van der Waals surface area contributed by atoms with Crippen molar-refractivity contribution < 1.29 is 0 Å². The highest BCUT2D eigenvalue weighted by molar-refractivity contribution is 6.05. The molecule has 0 spiro atoms. The molecule has 2 nitrogen and oxygen atoms in total. The van der Waals surface area contributed by atoms with Gasteiger partial charge in [-0.15, -0.1) is 0 Å². The molecular formula is C25H24N2. The Morgan fingerprint density at radius 2 is 1.67 bits per heavy atom. The first kappa shape index (κ1) is 16.4. The third kappa shape index (κ3) is 2.19. The van der Waals surface area contributed by atoms with Crippen molar-refractivity contribution in [2.75, 3.05) is 0 Å². The molecule has 5 rings (SSSR count). The van der Waals surface area contributed by atoms with Crippen LogP contribution < -0.4 is 0 Å². The van der Waals surface area contributed by atoms with Crippen LogP contribution >= 0.6 is 0 Å². The zero-order chi connectivity index (χ0) is 19.0. The summed E-state index contributed by atoms with van der Waals surface area (Å²) in [7, 11) is 0. The van der Waals surface area contributed by atoms with Gasteiger partial charge >= 0.3 is 0 Å². The molecule has 0 fully saturated rings. The van der Waals surface area contributed by atoms with Crippen molar-refractivity contribution in [3.63, 3.8) is 0 Å². The number of pyridine rings is 2. The highest BCUT2D eigenvalue weighted by Gasteiger charge is 2.37. The summed E-state index contributed by atoms with van der Waals surface area (Å²) in [5.41, 5.74) is 7.37. The van der Waals surface area contributed by atoms with Crippen LogP contribution in [0.25, 0.3) is 32.9 Å². The Kier molecular flexibility index (Phi) is 3.14. The molecular weight excluding hydrogens is 328 g/mol. The maximum Gasteiger partial charge on any atom is 0.0787 e. The van der Waals surface area contributed by atoms with Crippen LogP contribution in [-0.4, -0.2) is 9.97 Å². The minimum Gasteiger partial charge on any atom is -0.256 e. The highest BCUT2D eigenvalue weighted by Crippen LogP contribution is 2.50. The third-order valence-electron chi connectivity index (χ3n) is 6.06. The predicted octanol–water partition coefficient (Wildman–Crippen LogP) is 6.39. The predicted molar refractivity (Wildman–Crippen MR) is 113 cm³/mol. The molecule has 27 heavy (non-hydrogen) atoms. The summed E-state index contributed by atoms with van der Waals surface area (Å²) in [4.78, 5) is 9.59. The molecule has 4 aromatic rings. The number of hydrogen-bond acceptors (Lipinski definition) is 2. The number of hydrogen-bond donors (Lipinski definition) is 0. The van der Waals surface area contributed by atoms with Crippen LogP contribution in [0.5, 0.6) is 0 Å². The molecule has 2 heteroatoms. The Morgan fingerprint density at radius 1 is 0.852 bits per heavy atom. The van der Waals surface area contributed by atoms with Crippen molar-refractivity contribution in [1.29, 1.82) is 0 Å². The molecule has 2 heterocycles. The molecule has 0 aliphatic heterocycles. The summed E-state index contributed by atoms with van der Waals surface area (Å²) in [6.07, 6.45) is 3.84. The first-order valence-corrected chi connectivity index (χ1v) is 9.61. The highest BCUT2D eigenvalue weighted by atomic mass is 14.7. The molecule has 0 unspecified atom stereocenters. The molecule has 0 saturated heterocycles. The topological polar surface area (TPSA) is 25.8 Å². The standard InChI is InChI=1S/C25H24N2/c1-24(2,3)17-13-16-10-12-27-23-18-9-8-15-7-6-11-26-22(15)21(18)25(4,5)19(14-17)20(16)23/h6-14H,1-5H3. The van der Waals surface area contributed by atoms with Crippen molar-refractivity contribution in [3.05, 3.63) is 71.5 Å². The molecule has 2 aromatic heterocycles. The summed E-state index contributed by atoms with van der Waals surface area (Å²) in [6.45, 7) is 11.5. The van der Waals surface area contributed by atoms with E-state index >= 15 is 0 Å². The second kappa shape index (κ2) is 5.16. The lowest BCUT2D eigenvalue weighted by atomic mass is 9.67. The number of nitrogens with zero attached hydrogens (tertiary/aromatic N) is 2. The molecule has 0 radical (unpaired) electrons. The molecule has 0 N–H and O–H groups in total. The van der Waals surface area contributed by atoms with Gasteiger partial charge < -0.3 is 0 Å². The van der Waals surface area contributed by atoms with Crippen molar-refractivity contribution in [3.8, 4) is 11.3 Å². The van der Waals surface area contributed by atoms with E-state index < -0.39 is 0 Å². The van der Waals surface area contributed by atoms with Crippen LogP contribution in [-0.2, 0) is 10.8 Å². The second-order valence-corrected chi connectivity index (χ2v) is 9.22. The fourth-order valence-electron chi connectivity index (χ4n) is 4.56. The minimum absolute atomic E-state index is 0.0987. The van der Waals surface area contributed by atoms with E-state index in [0.29, 0.717) is 0 Å². The zero-order valence-corrected chi connectivity index (χ0v) is 16.6. The average molecular weight is 352 g/mol. The Balaban J connectivity index is 1.99. The Hall–Kier alpha value is -2.74. The van der Waals surface area contributed by atoms with Gasteiger partial charge in [-0.1, -0.05) is 65.0 Å². The van der Waals surface area contributed by atoms with Crippen molar-refractivity contribution in [1.82, 2.24) is 9.97 Å². The lowest BCUT2D eigenvalue weighted by Crippen LogP contribution is -2.26. The summed E-state index contributed by atoms with van der Waals surface area (Å²) < 4.78 is 0. The quantitative estimate of drug-likeness (QED) is 0.366. The molecule has 2 aromatic carbocycles. The van der Waals surface area contributed by atoms with E-state index in [4.69, 9.17) is 9.97 Å². The summed E-state index contributed by atoms with van der Waals surface area (Å²) in [5, 5.41) is 3.76. The molecule has 134 valence electrons. The molecule has 0 atom stereocenters. The van der Waals surface area contributed by atoms with E-state index in [1.54, 1.807) is 0 Å². The third-order valence-corrected chi connectivity index (χ3v) is 6.06. The van der Waals surface area contributed by atoms with Crippen molar-refractivity contribution in [2.45, 2.75) is 45.4 Å². The van der Waals surface area contributed by atoms with Gasteiger partial charge in [-0.3, -0.25) is 9.97 Å². The van der Waals surface area contributed by atoms with Gasteiger partial charge in [0.15, 0.2) is 0 Å². The van der Waals surface area contributed by atoms with Gasteiger partial charge in [0, 0.05) is 34.1 Å². The van der Waals surface area contributed by atoms with Crippen LogP contribution in [0.3, 0.4) is 0 Å². The van der Waals surface area contributed by atoms with Crippen molar-refractivity contribution in [2.24, 2.45) is 0 Å². The van der Waals surface area contributed by atoms with Crippen LogP contribution in [0, 0.1) is 0 Å². The summed E-state index contributed by atoms with van der Waals surface area (Å²) >= 11 is 0. The van der Waals surface area contributed by atoms with Crippen LogP contribution in [0.2, 0.25) is 0 Å². The first-order chi connectivity index (χ1) is 12.8. The molecule has 0 amide bonds. The second-order valence-electron chi connectivity index (χ2n) is 9.22. The van der Waals surface area contributed by atoms with Crippen LogP contribution in [0.1, 0.15) is 51.3 Å². The Morgan fingerprint density at radius 3 is 2.44 bits per heavy atom. The Labute approximate surface area is 160 Å². The number of fused-ring (bicyclic) bond motifs is 4. The van der Waals surface area contributed by atoms with Crippen LogP contribution in [0.4, 0.5) is 0 Å². The van der Waals surface area contributed by atoms with Crippen LogP contribution in [0.15, 0.2) is 54.9 Å². The smallest absolute Gasteiger partial charge is 0.0787 e. The van der Waals surface area contributed by atoms with Gasteiger partial charge in [0.1, 0.15) is 0 Å². The Bertz CT molecular complexity index is 1230. The fraction of sp³-hybridized carbons (Fsp3) is 0.280. The van der Waals surface area contributed by atoms with E-state index in [9.17, 15) is 0 Å². The number of aromatic nitrogens is 2. The van der Waals surface area contributed by atoms with Gasteiger partial charge in [-0.05, 0) is 39.6 Å². The average Bonchev–Trinajstić information content (AvgIpc) is 2.64. The van der Waals surface area contributed by atoms with E-state index in [-0.39, 0.29) is 10.8 Å². The lowest BCUT2D eigenvalue weighted by molar-refractivity contribution is 0.584. The van der Waals surface area contributed by atoms with Crippen molar-refractivity contribution >= 4 is 21.7 Å². The summed E-state index contributed by atoms with van der Waals surface area (Å²) in [6, 6.07) is 15.4. The monoisotopic (exact) mass is 352 g/mol. The fourth-order valence-corrected chi connectivity index (χ4v) is 4.56. The van der Waals surface area contributed by atoms with Gasteiger partial charge in [-0.2, -0.15) is 0 Å². The first-order valence-electron chi connectivity index (χ1n) is 9.61. The van der Waals surface area contributed by atoms with Gasteiger partial charge in [0.05, 0.1) is 11.2 Å². The van der Waals surface area contributed by atoms with E-state index in [1.165, 1.54) is 38.4 Å². The number of benzene rings is 2. The number of rotatable bonds is 0. The van der Waals surface area contributed by atoms with E-state index in [1.807, 2.05) is 18.5 Å². The minimum atomic E-state index is -0.140. The summed E-state index contributed by atoms with van der Waals surface area (Å²) in [5.74, 6) is 0. The maximum atomic E-state index is 4.82. The largest absolute Gasteiger partial charge is 0.256 e. The normalized spacial score (nSPS) is 15.1. The molecule has 0 bridgehead atoms. The van der Waals surface area contributed by atoms with E-state index in [2.05, 4.69) is 71.0 Å².